The summed E-state index contributed by atoms with van der Waals surface area (Å²) < 4.78 is 6.27. The fourth-order valence-electron chi connectivity index (χ4n) is 3.91. The molecule has 0 N–H and O–H groups in total. The first-order valence-electron chi connectivity index (χ1n) is 8.14. The lowest BCUT2D eigenvalue weighted by Gasteiger charge is -2.35. The van der Waals surface area contributed by atoms with Crippen LogP contribution in [-0.2, 0) is 19.3 Å². The van der Waals surface area contributed by atoms with Gasteiger partial charge in [-0.3, -0.25) is 4.98 Å². The predicted molar refractivity (Wildman–Crippen MR) is 84.7 cm³/mol. The van der Waals surface area contributed by atoms with E-state index in [1.807, 2.05) is 0 Å². The summed E-state index contributed by atoms with van der Waals surface area (Å²) in [5.41, 5.74) is 8.08. The molecule has 0 radical (unpaired) electrons. The molecule has 0 amide bonds. The van der Waals surface area contributed by atoms with E-state index in [-0.39, 0.29) is 6.10 Å². The Morgan fingerprint density at radius 2 is 2.05 bits per heavy atom. The van der Waals surface area contributed by atoms with Gasteiger partial charge >= 0.3 is 0 Å². The van der Waals surface area contributed by atoms with Crippen LogP contribution in [-0.4, -0.2) is 4.98 Å². The molecule has 1 unspecified atom stereocenters. The molecule has 108 valence electrons. The summed E-state index contributed by atoms with van der Waals surface area (Å²) in [5, 5.41) is 0. The largest absolute Gasteiger partial charge is 0.485 e. The first-order valence-corrected chi connectivity index (χ1v) is 8.14. The number of ether oxygens (including phenoxy) is 1. The second-order valence-corrected chi connectivity index (χ2v) is 5.97. The summed E-state index contributed by atoms with van der Waals surface area (Å²) in [5.74, 6) is 1.05. The predicted octanol–water partition coefficient (Wildman–Crippen LogP) is 4.64. The number of hydrogen-bond donors (Lipinski definition) is 0. The van der Waals surface area contributed by atoms with Crippen LogP contribution in [0, 0.1) is 0 Å². The van der Waals surface area contributed by atoms with Gasteiger partial charge in [0.05, 0.1) is 0 Å². The summed E-state index contributed by atoms with van der Waals surface area (Å²) in [6.07, 6.45) is 5.66. The van der Waals surface area contributed by atoms with Gasteiger partial charge in [-0.2, -0.15) is 0 Å². The van der Waals surface area contributed by atoms with Crippen molar-refractivity contribution in [2.24, 2.45) is 0 Å². The zero-order valence-corrected chi connectivity index (χ0v) is 12.8. The molecule has 21 heavy (non-hydrogen) atoms. The van der Waals surface area contributed by atoms with Gasteiger partial charge in [0, 0.05) is 22.5 Å². The van der Waals surface area contributed by atoms with E-state index in [2.05, 4.69) is 38.1 Å². The summed E-state index contributed by atoms with van der Waals surface area (Å²) in [6, 6.07) is 8.50. The minimum atomic E-state index is 0.211. The van der Waals surface area contributed by atoms with Gasteiger partial charge in [-0.25, -0.2) is 0 Å². The van der Waals surface area contributed by atoms with E-state index in [4.69, 9.17) is 9.72 Å². The van der Waals surface area contributed by atoms with Gasteiger partial charge in [0.15, 0.2) is 0 Å². The number of aromatic nitrogens is 1. The summed E-state index contributed by atoms with van der Waals surface area (Å²) >= 11 is 0. The molecule has 0 saturated heterocycles. The van der Waals surface area contributed by atoms with E-state index in [9.17, 15) is 0 Å². The second-order valence-electron chi connectivity index (χ2n) is 5.97. The number of nitrogens with zero attached hydrogens (tertiary/aromatic N) is 1. The maximum absolute atomic E-state index is 6.27. The Bertz CT molecular complexity index is 705. The molecule has 4 rings (SSSR count). The van der Waals surface area contributed by atoms with Crippen molar-refractivity contribution in [1.29, 1.82) is 0 Å². The third kappa shape index (κ3) is 1.81. The molecule has 1 aromatic heterocycles. The Hall–Kier alpha value is -1.83. The molecule has 1 aliphatic carbocycles. The highest BCUT2D eigenvalue weighted by Gasteiger charge is 2.34. The molecule has 0 bridgehead atoms. The van der Waals surface area contributed by atoms with E-state index < -0.39 is 0 Å². The van der Waals surface area contributed by atoms with Crippen molar-refractivity contribution >= 4 is 0 Å². The van der Waals surface area contributed by atoms with Crippen LogP contribution in [0.2, 0.25) is 0 Å². The van der Waals surface area contributed by atoms with E-state index in [1.54, 1.807) is 0 Å². The Balaban J connectivity index is 2.09. The smallest absolute Gasteiger partial charge is 0.128 e. The monoisotopic (exact) mass is 279 g/mol. The maximum Gasteiger partial charge on any atom is 0.128 e. The molecule has 2 aromatic rings. The summed E-state index contributed by atoms with van der Waals surface area (Å²) in [7, 11) is 0. The van der Waals surface area contributed by atoms with Crippen LogP contribution in [0.5, 0.6) is 5.75 Å². The van der Waals surface area contributed by atoms with E-state index in [1.165, 1.54) is 40.1 Å². The molecule has 1 aromatic carbocycles. The van der Waals surface area contributed by atoms with Gasteiger partial charge in [0.25, 0.3) is 0 Å². The number of aryl methyl sites for hydroxylation is 2. The molecule has 2 nitrogen and oxygen atoms in total. The molecular weight excluding hydrogens is 258 g/mol. The third-order valence-electron chi connectivity index (χ3n) is 4.82. The van der Waals surface area contributed by atoms with Gasteiger partial charge in [0.1, 0.15) is 11.9 Å². The van der Waals surface area contributed by atoms with Gasteiger partial charge < -0.3 is 4.74 Å². The molecule has 0 spiro atoms. The van der Waals surface area contributed by atoms with Crippen molar-refractivity contribution in [2.75, 3.05) is 0 Å². The Kier molecular flexibility index (Phi) is 2.99. The van der Waals surface area contributed by atoms with Gasteiger partial charge in [-0.05, 0) is 49.3 Å². The second kappa shape index (κ2) is 4.87. The van der Waals surface area contributed by atoms with Gasteiger partial charge in [-0.1, -0.05) is 32.0 Å². The third-order valence-corrected chi connectivity index (χ3v) is 4.82. The Labute approximate surface area is 126 Å². The first kappa shape index (κ1) is 12.9. The normalized spacial score (nSPS) is 18.7. The summed E-state index contributed by atoms with van der Waals surface area (Å²) in [6.45, 7) is 4.46. The fourth-order valence-corrected chi connectivity index (χ4v) is 3.91. The molecular formula is C19H21NO. The minimum Gasteiger partial charge on any atom is -0.485 e. The highest BCUT2D eigenvalue weighted by Crippen LogP contribution is 2.49. The Morgan fingerprint density at radius 1 is 1.19 bits per heavy atom. The number of pyridine rings is 1. The van der Waals surface area contributed by atoms with E-state index in [0.717, 1.165) is 31.4 Å². The SMILES string of the molecule is CCc1nc2c3c(c1CC)-c1ccccc1OC3CCC2. The maximum atomic E-state index is 6.27. The average Bonchev–Trinajstić information content (AvgIpc) is 2.54. The molecule has 2 aliphatic rings. The van der Waals surface area contributed by atoms with Crippen molar-refractivity contribution in [3.8, 4) is 16.9 Å². The number of benzene rings is 1. The van der Waals surface area contributed by atoms with Crippen LogP contribution in [0.4, 0.5) is 0 Å². The van der Waals surface area contributed by atoms with Crippen LogP contribution in [0.15, 0.2) is 24.3 Å². The molecule has 0 saturated carbocycles. The lowest BCUT2D eigenvalue weighted by atomic mass is 9.81. The summed E-state index contributed by atoms with van der Waals surface area (Å²) in [4.78, 5) is 4.99. The van der Waals surface area contributed by atoms with Crippen LogP contribution in [0.3, 0.4) is 0 Å². The fraction of sp³-hybridized carbons (Fsp3) is 0.421. The molecule has 1 atom stereocenters. The highest BCUT2D eigenvalue weighted by atomic mass is 16.5. The van der Waals surface area contributed by atoms with Crippen molar-refractivity contribution in [2.45, 2.75) is 52.1 Å². The quantitative estimate of drug-likeness (QED) is 0.798. The van der Waals surface area contributed by atoms with Crippen LogP contribution in [0.25, 0.3) is 11.1 Å². The lowest BCUT2D eigenvalue weighted by Crippen LogP contribution is -2.23. The number of fused-ring (bicyclic) bond motifs is 2. The molecule has 2 heterocycles. The minimum absolute atomic E-state index is 0.211. The van der Waals surface area contributed by atoms with E-state index in [0.29, 0.717) is 0 Å². The topological polar surface area (TPSA) is 22.1 Å². The van der Waals surface area contributed by atoms with Crippen LogP contribution >= 0.6 is 0 Å². The van der Waals surface area contributed by atoms with Crippen molar-refractivity contribution in [1.82, 2.24) is 4.98 Å². The first-order chi connectivity index (χ1) is 10.3. The van der Waals surface area contributed by atoms with Crippen molar-refractivity contribution in [3.05, 3.63) is 46.8 Å². The zero-order chi connectivity index (χ0) is 14.4. The van der Waals surface area contributed by atoms with Crippen LogP contribution in [0.1, 0.15) is 55.3 Å². The number of para-hydroxylation sites is 1. The van der Waals surface area contributed by atoms with Gasteiger partial charge in [0.2, 0.25) is 0 Å². The number of rotatable bonds is 2. The zero-order valence-electron chi connectivity index (χ0n) is 12.8. The highest BCUT2D eigenvalue weighted by molar-refractivity contribution is 5.80. The van der Waals surface area contributed by atoms with E-state index >= 15 is 0 Å². The Morgan fingerprint density at radius 3 is 2.86 bits per heavy atom. The molecule has 1 aliphatic heterocycles. The number of hydrogen-bond acceptors (Lipinski definition) is 2. The van der Waals surface area contributed by atoms with Gasteiger partial charge in [-0.15, -0.1) is 0 Å². The standard InChI is InChI=1S/C19H21NO/c1-3-12-14(4-2)20-15-9-7-11-17-19(15)18(12)13-8-5-6-10-16(13)21-17/h5-6,8,10,17H,3-4,7,9,11H2,1-2H3. The average molecular weight is 279 g/mol. The van der Waals surface area contributed by atoms with Crippen molar-refractivity contribution < 1.29 is 4.74 Å². The molecule has 0 fully saturated rings. The lowest BCUT2D eigenvalue weighted by molar-refractivity contribution is 0.178. The molecule has 2 heteroatoms. The van der Waals surface area contributed by atoms with Crippen LogP contribution < -0.4 is 4.74 Å². The van der Waals surface area contributed by atoms with Crippen molar-refractivity contribution in [3.63, 3.8) is 0 Å².